The number of carbonyl (C=O) groups is 7. The number of hydrogen-bond acceptors (Lipinski definition) is 8. The smallest absolute Gasteiger partial charge is 0.335 e. The van der Waals surface area contributed by atoms with Gasteiger partial charge in [0.25, 0.3) is 5.91 Å². The van der Waals surface area contributed by atoms with Crippen molar-refractivity contribution in [1.29, 1.82) is 0 Å². The van der Waals surface area contributed by atoms with Gasteiger partial charge >= 0.3 is 23.9 Å². The van der Waals surface area contributed by atoms with E-state index in [4.69, 9.17) is 10.6 Å². The number of nitrogens with zero attached hydrogens (tertiary/aromatic N) is 5. The van der Waals surface area contributed by atoms with Gasteiger partial charge in [0.1, 0.15) is 18.5 Å². The van der Waals surface area contributed by atoms with Gasteiger partial charge in [-0.25, -0.2) is 24.2 Å². The molecule has 2 unspecified atom stereocenters. The van der Waals surface area contributed by atoms with Gasteiger partial charge in [-0.05, 0) is 43.3 Å². The molecule has 16 nitrogen and oxygen atoms in total. The summed E-state index contributed by atoms with van der Waals surface area (Å²) in [5, 5.41) is 33.9. The Labute approximate surface area is 214 Å². The molecule has 0 aliphatic carbocycles. The van der Waals surface area contributed by atoms with E-state index in [0.29, 0.717) is 10.6 Å². The van der Waals surface area contributed by atoms with Crippen molar-refractivity contribution in [2.45, 2.75) is 50.6 Å². The Morgan fingerprint density at radius 2 is 1.47 bits per heavy atom. The van der Waals surface area contributed by atoms with E-state index >= 15 is 0 Å². The molecule has 1 saturated heterocycles. The Hall–Kier alpha value is -4.98. The van der Waals surface area contributed by atoms with Crippen LogP contribution in [0.4, 0.5) is 10.5 Å². The summed E-state index contributed by atoms with van der Waals surface area (Å²) < 4.78 is 0. The molecule has 0 saturated carbocycles. The van der Waals surface area contributed by atoms with E-state index in [1.807, 2.05) is 0 Å². The van der Waals surface area contributed by atoms with Gasteiger partial charge in [-0.1, -0.05) is 17.2 Å². The maximum atomic E-state index is 12.9. The Kier molecular flexibility index (Phi) is 10.3. The van der Waals surface area contributed by atoms with Gasteiger partial charge in [0.15, 0.2) is 0 Å². The van der Waals surface area contributed by atoms with Gasteiger partial charge in [0.2, 0.25) is 11.8 Å². The summed E-state index contributed by atoms with van der Waals surface area (Å²) in [6, 6.07) is 0.722. The lowest BCUT2D eigenvalue weighted by Crippen LogP contribution is -2.63. The molecule has 1 heterocycles. The lowest BCUT2D eigenvalue weighted by molar-refractivity contribution is -0.158. The molecule has 1 aromatic rings. The zero-order valence-corrected chi connectivity index (χ0v) is 19.8. The molecule has 1 aliphatic heterocycles. The van der Waals surface area contributed by atoms with Crippen molar-refractivity contribution in [2.75, 3.05) is 6.54 Å². The number of carboxylic acid groups (broad SMARTS) is 3. The quantitative estimate of drug-likeness (QED) is 0.0882. The minimum atomic E-state index is -1.90. The number of amides is 5. The van der Waals surface area contributed by atoms with Crippen LogP contribution in [0.15, 0.2) is 29.4 Å². The molecule has 4 N–H and O–H groups in total. The van der Waals surface area contributed by atoms with Crippen molar-refractivity contribution in [3.05, 3.63) is 40.3 Å². The molecule has 1 aromatic carbocycles. The van der Waals surface area contributed by atoms with Crippen LogP contribution in [0.2, 0.25) is 0 Å². The van der Waals surface area contributed by atoms with Gasteiger partial charge in [0, 0.05) is 29.1 Å². The molecule has 5 amide bonds. The van der Waals surface area contributed by atoms with Crippen LogP contribution in [0.3, 0.4) is 0 Å². The average molecular weight is 532 g/mol. The number of rotatable bonds is 14. The molecule has 202 valence electrons. The van der Waals surface area contributed by atoms with Crippen molar-refractivity contribution < 1.29 is 48.9 Å². The van der Waals surface area contributed by atoms with E-state index < -0.39 is 73.0 Å². The molecular formula is C22H24N6O10. The van der Waals surface area contributed by atoms with Crippen molar-refractivity contribution in [3.63, 3.8) is 0 Å². The molecule has 2 rings (SSSR count). The molecule has 1 aliphatic rings. The Bertz CT molecular complexity index is 1180. The highest BCUT2D eigenvalue weighted by Gasteiger charge is 2.48. The SMILES string of the molecule is [N-]=[N+]=Nc1ccc(C(=O)NCCCCC(C(=O)O)N2C(=O)CC(=O)N(C(CCC(=O)O)C(=O)O)C2=O)cc1. The maximum Gasteiger partial charge on any atom is 0.335 e. The van der Waals surface area contributed by atoms with Crippen LogP contribution in [0.25, 0.3) is 10.4 Å². The zero-order valence-electron chi connectivity index (χ0n) is 19.8. The minimum absolute atomic E-state index is 0.117. The van der Waals surface area contributed by atoms with E-state index in [2.05, 4.69) is 15.3 Å². The number of aliphatic carboxylic acids is 3. The van der Waals surface area contributed by atoms with E-state index in [1.54, 1.807) is 0 Å². The molecule has 0 aromatic heterocycles. The third-order valence-corrected chi connectivity index (χ3v) is 5.56. The molecular weight excluding hydrogens is 508 g/mol. The summed E-state index contributed by atoms with van der Waals surface area (Å²) in [4.78, 5) is 87.4. The summed E-state index contributed by atoms with van der Waals surface area (Å²) >= 11 is 0. The number of urea groups is 1. The third-order valence-electron chi connectivity index (χ3n) is 5.56. The first-order valence-corrected chi connectivity index (χ1v) is 11.3. The van der Waals surface area contributed by atoms with Gasteiger partial charge in [-0.15, -0.1) is 0 Å². The van der Waals surface area contributed by atoms with E-state index in [0.717, 1.165) is 0 Å². The van der Waals surface area contributed by atoms with Crippen LogP contribution in [0.1, 0.15) is 48.9 Å². The van der Waals surface area contributed by atoms with Crippen LogP contribution in [0, 0.1) is 0 Å². The van der Waals surface area contributed by atoms with Crippen LogP contribution in [-0.4, -0.2) is 85.4 Å². The predicted octanol–water partition coefficient (Wildman–Crippen LogP) is 1.48. The first-order valence-electron chi connectivity index (χ1n) is 11.3. The first kappa shape index (κ1) is 29.3. The molecule has 2 atom stereocenters. The van der Waals surface area contributed by atoms with Crippen molar-refractivity contribution in [2.24, 2.45) is 5.11 Å². The normalized spacial score (nSPS) is 14.9. The second kappa shape index (κ2) is 13.4. The number of hydrogen-bond donors (Lipinski definition) is 4. The molecule has 16 heteroatoms. The van der Waals surface area contributed by atoms with E-state index in [9.17, 15) is 43.8 Å². The minimum Gasteiger partial charge on any atom is -0.481 e. The second-order valence-electron chi connectivity index (χ2n) is 8.12. The summed E-state index contributed by atoms with van der Waals surface area (Å²) in [5.41, 5.74) is 9.01. The largest absolute Gasteiger partial charge is 0.481 e. The summed E-state index contributed by atoms with van der Waals surface area (Å²) in [6.07, 6.45) is -2.15. The van der Waals surface area contributed by atoms with Crippen molar-refractivity contribution in [3.8, 4) is 0 Å². The van der Waals surface area contributed by atoms with Gasteiger partial charge in [-0.3, -0.25) is 19.2 Å². The second-order valence-corrected chi connectivity index (χ2v) is 8.12. The monoisotopic (exact) mass is 532 g/mol. The fourth-order valence-electron chi connectivity index (χ4n) is 3.73. The highest BCUT2D eigenvalue weighted by atomic mass is 16.4. The lowest BCUT2D eigenvalue weighted by atomic mass is 10.0. The highest BCUT2D eigenvalue weighted by Crippen LogP contribution is 2.23. The van der Waals surface area contributed by atoms with Crippen LogP contribution in [0.5, 0.6) is 0 Å². The molecule has 1 fully saturated rings. The van der Waals surface area contributed by atoms with Gasteiger partial charge < -0.3 is 20.6 Å². The molecule has 0 bridgehead atoms. The first-order chi connectivity index (χ1) is 18.0. The van der Waals surface area contributed by atoms with Crippen molar-refractivity contribution >= 4 is 47.3 Å². The Morgan fingerprint density at radius 3 is 1.97 bits per heavy atom. The molecule has 38 heavy (non-hydrogen) atoms. The summed E-state index contributed by atoms with van der Waals surface area (Å²) in [5.74, 6) is -7.36. The number of carbonyl (C=O) groups excluding carboxylic acids is 4. The summed E-state index contributed by atoms with van der Waals surface area (Å²) in [7, 11) is 0. The zero-order chi connectivity index (χ0) is 28.4. The van der Waals surface area contributed by atoms with Crippen LogP contribution in [-0.2, 0) is 24.0 Å². The topological polar surface area (TPSA) is 247 Å². The number of nitrogens with one attached hydrogen (secondary N) is 1. The average Bonchev–Trinajstić information content (AvgIpc) is 2.84. The van der Waals surface area contributed by atoms with Crippen molar-refractivity contribution in [1.82, 2.24) is 15.1 Å². The predicted molar refractivity (Wildman–Crippen MR) is 125 cm³/mol. The highest BCUT2D eigenvalue weighted by molar-refractivity contribution is 6.16. The number of benzene rings is 1. The maximum absolute atomic E-state index is 12.9. The van der Waals surface area contributed by atoms with Crippen LogP contribution >= 0.6 is 0 Å². The Balaban J connectivity index is 2.02. The number of unbranched alkanes of at least 4 members (excludes halogenated alkanes) is 1. The molecule has 0 spiro atoms. The Morgan fingerprint density at radius 1 is 0.921 bits per heavy atom. The fourth-order valence-corrected chi connectivity index (χ4v) is 3.73. The van der Waals surface area contributed by atoms with Gasteiger partial charge in [-0.2, -0.15) is 0 Å². The van der Waals surface area contributed by atoms with Crippen LogP contribution < -0.4 is 5.32 Å². The van der Waals surface area contributed by atoms with Gasteiger partial charge in [0.05, 0.1) is 0 Å². The number of imide groups is 2. The third kappa shape index (κ3) is 7.51. The summed E-state index contributed by atoms with van der Waals surface area (Å²) in [6.45, 7) is 0.117. The fraction of sp³-hybridized carbons (Fsp3) is 0.409. The lowest BCUT2D eigenvalue weighted by Gasteiger charge is -2.38. The number of azide groups is 1. The van der Waals surface area contributed by atoms with E-state index in [-0.39, 0.29) is 36.3 Å². The van der Waals surface area contributed by atoms with E-state index in [1.165, 1.54) is 24.3 Å². The number of barbiturate groups is 1. The standard InChI is InChI=1S/C22H24N6O10/c23-26-25-13-6-4-12(5-7-13)19(33)24-10-2-1-3-14(20(34)35)27-16(29)11-17(30)28(22(27)38)15(21(36)37)8-9-18(31)32/h4-7,14-15H,1-3,8-11H2,(H,24,33)(H,31,32)(H,34,35)(H,36,37). The number of carboxylic acids is 3. The molecule has 0 radical (unpaired) electrons.